The Bertz CT molecular complexity index is 1010. The van der Waals surface area contributed by atoms with Crippen LogP contribution in [0.5, 0.6) is 0 Å². The van der Waals surface area contributed by atoms with Gasteiger partial charge in [0.25, 0.3) is 0 Å². The molecule has 2 aromatic carbocycles. The second-order valence-corrected chi connectivity index (χ2v) is 6.26. The van der Waals surface area contributed by atoms with Crippen molar-refractivity contribution in [3.63, 3.8) is 0 Å². The number of benzene rings is 2. The second kappa shape index (κ2) is 35.7. The Hall–Kier alpha value is -4.32. The molecule has 0 bridgehead atoms. The number of nitrogens with zero attached hydrogens (tertiary/aromatic N) is 6. The largest absolute Gasteiger partial charge is 0.237 e. The number of hydrogen-bond donors (Lipinski definition) is 0. The van der Waals surface area contributed by atoms with Gasteiger partial charge in [-0.25, -0.2) is 9.97 Å². The Kier molecular flexibility index (Phi) is 37.9. The predicted molar refractivity (Wildman–Crippen MR) is 193 cm³/mol. The summed E-state index contributed by atoms with van der Waals surface area (Å²) in [6.45, 7) is 24.0. The smallest absolute Gasteiger partial charge is 0.159 e. The lowest BCUT2D eigenvalue weighted by molar-refractivity contribution is 1.05. The molecule has 43 heavy (non-hydrogen) atoms. The number of hydrogen-bond acceptors (Lipinski definition) is 6. The van der Waals surface area contributed by atoms with E-state index in [9.17, 15) is 0 Å². The van der Waals surface area contributed by atoms with Gasteiger partial charge in [0, 0.05) is 33.9 Å². The van der Waals surface area contributed by atoms with Gasteiger partial charge >= 0.3 is 0 Å². The van der Waals surface area contributed by atoms with Crippen molar-refractivity contribution >= 4 is 32.7 Å². The highest BCUT2D eigenvalue weighted by Crippen LogP contribution is 2.08. The molecule has 6 aromatic rings. The van der Waals surface area contributed by atoms with Crippen LogP contribution >= 0.6 is 0 Å². The van der Waals surface area contributed by atoms with Gasteiger partial charge in [0.15, 0.2) is 5.65 Å². The molecule has 4 heterocycles. The molecule has 6 nitrogen and oxygen atoms in total. The predicted octanol–water partition coefficient (Wildman–Crippen LogP) is 11.7. The summed E-state index contributed by atoms with van der Waals surface area (Å²) in [7, 11) is 0. The van der Waals surface area contributed by atoms with Crippen LogP contribution in [0, 0.1) is 0 Å². The van der Waals surface area contributed by atoms with Crippen LogP contribution in [0.3, 0.4) is 0 Å². The van der Waals surface area contributed by atoms with E-state index in [1.807, 2.05) is 162 Å². The molecule has 0 N–H and O–H groups in total. The summed E-state index contributed by atoms with van der Waals surface area (Å²) in [6, 6.07) is 25.7. The molecule has 236 valence electrons. The van der Waals surface area contributed by atoms with Gasteiger partial charge in [-0.3, -0.25) is 0 Å². The first-order valence-corrected chi connectivity index (χ1v) is 15.4. The minimum atomic E-state index is 0. The molecule has 0 aliphatic carbocycles. The normalized spacial score (nSPS) is 7.81. The van der Waals surface area contributed by atoms with Crippen molar-refractivity contribution in [1.29, 1.82) is 0 Å². The summed E-state index contributed by atoms with van der Waals surface area (Å²) in [4.78, 5) is 8.14. The lowest BCUT2D eigenvalue weighted by Crippen LogP contribution is -1.79. The van der Waals surface area contributed by atoms with Crippen LogP contribution in [0.25, 0.3) is 32.7 Å². The summed E-state index contributed by atoms with van der Waals surface area (Å²) in [5, 5.41) is 19.7. The molecular weight excluding hydrogens is 528 g/mol. The van der Waals surface area contributed by atoms with Gasteiger partial charge in [-0.15, -0.1) is 0 Å². The Morgan fingerprint density at radius 3 is 1.19 bits per heavy atom. The zero-order valence-corrected chi connectivity index (χ0v) is 28.1. The van der Waals surface area contributed by atoms with E-state index in [-0.39, 0.29) is 7.43 Å². The zero-order chi connectivity index (χ0) is 32.4. The van der Waals surface area contributed by atoms with E-state index in [1.54, 1.807) is 31.0 Å². The van der Waals surface area contributed by atoms with Crippen LogP contribution in [-0.2, 0) is 0 Å². The average molecular weight is 587 g/mol. The first-order valence-electron chi connectivity index (χ1n) is 15.4. The van der Waals surface area contributed by atoms with Crippen molar-refractivity contribution in [3.05, 3.63) is 110 Å². The summed E-state index contributed by atoms with van der Waals surface area (Å²) in [6.07, 6.45) is 8.71. The van der Waals surface area contributed by atoms with Gasteiger partial charge in [0.1, 0.15) is 0 Å². The van der Waals surface area contributed by atoms with E-state index < -0.39 is 0 Å². The van der Waals surface area contributed by atoms with Gasteiger partial charge in [-0.2, -0.15) is 20.4 Å². The van der Waals surface area contributed by atoms with Crippen molar-refractivity contribution in [1.82, 2.24) is 30.4 Å². The summed E-state index contributed by atoms with van der Waals surface area (Å²) >= 11 is 0. The van der Waals surface area contributed by atoms with Crippen molar-refractivity contribution in [2.75, 3.05) is 0 Å². The molecule has 0 saturated heterocycles. The van der Waals surface area contributed by atoms with E-state index in [2.05, 4.69) is 30.4 Å². The molecule has 0 amide bonds. The molecule has 0 atom stereocenters. The lowest BCUT2D eigenvalue weighted by atomic mass is 10.2. The third-order valence-corrected chi connectivity index (χ3v) is 4.25. The fourth-order valence-electron chi connectivity index (χ4n) is 2.77. The first-order chi connectivity index (χ1) is 20.9. The third kappa shape index (κ3) is 19.4. The monoisotopic (exact) mass is 586 g/mol. The van der Waals surface area contributed by atoms with Crippen LogP contribution in [0.15, 0.2) is 110 Å². The van der Waals surface area contributed by atoms with E-state index in [1.165, 1.54) is 0 Å². The molecule has 0 aliphatic heterocycles. The van der Waals surface area contributed by atoms with Gasteiger partial charge in [0.05, 0.1) is 24.1 Å². The van der Waals surface area contributed by atoms with Crippen molar-refractivity contribution in [3.8, 4) is 0 Å². The first kappa shape index (κ1) is 45.7. The maximum absolute atomic E-state index is 4.07. The second-order valence-electron chi connectivity index (χ2n) is 6.26. The lowest BCUT2D eigenvalue weighted by Gasteiger charge is -1.90. The Morgan fingerprint density at radius 2 is 0.767 bits per heavy atom. The molecule has 0 radical (unpaired) electrons. The average Bonchev–Trinajstić information content (AvgIpc) is 3.14. The molecule has 0 fully saturated rings. The molecule has 0 spiro atoms. The zero-order valence-electron chi connectivity index (χ0n) is 28.1. The highest BCUT2D eigenvalue weighted by Gasteiger charge is 1.89. The highest BCUT2D eigenvalue weighted by atomic mass is 15.1. The fraction of sp³-hybridized carbons (Fsp3) is 0.351. The molecule has 0 unspecified atom stereocenters. The van der Waals surface area contributed by atoms with Gasteiger partial charge in [-0.1, -0.05) is 133 Å². The van der Waals surface area contributed by atoms with E-state index in [0.717, 1.165) is 32.7 Å². The number of pyridine rings is 2. The topological polar surface area (TPSA) is 77.3 Å². The quantitative estimate of drug-likeness (QED) is 0.176. The van der Waals surface area contributed by atoms with Gasteiger partial charge in [0.2, 0.25) is 0 Å². The molecule has 6 heteroatoms. The number of fused-ring (bicyclic) bond motifs is 3. The van der Waals surface area contributed by atoms with Crippen LogP contribution in [-0.4, -0.2) is 30.4 Å². The SMILES string of the molecule is C.CC.CC.CC.CC.CC.CC.c1ccc2cnncc2c1.c1ccc2nnccc2c1.c1cnc2ncccc2c1. The van der Waals surface area contributed by atoms with Crippen LogP contribution in [0.1, 0.15) is 90.5 Å². The number of rotatable bonds is 0. The number of aromatic nitrogens is 6. The van der Waals surface area contributed by atoms with Gasteiger partial charge < -0.3 is 0 Å². The molecule has 0 saturated carbocycles. The van der Waals surface area contributed by atoms with Crippen LogP contribution in [0.2, 0.25) is 0 Å². The van der Waals surface area contributed by atoms with E-state index in [0.29, 0.717) is 0 Å². The maximum Gasteiger partial charge on any atom is 0.159 e. The van der Waals surface area contributed by atoms with Gasteiger partial charge in [-0.05, 0) is 36.4 Å². The van der Waals surface area contributed by atoms with Crippen molar-refractivity contribution < 1.29 is 0 Å². The van der Waals surface area contributed by atoms with Crippen molar-refractivity contribution in [2.24, 2.45) is 0 Å². The molecule has 6 rings (SSSR count). The summed E-state index contributed by atoms with van der Waals surface area (Å²) in [5.74, 6) is 0. The minimum Gasteiger partial charge on any atom is -0.237 e. The van der Waals surface area contributed by atoms with Crippen LogP contribution < -0.4 is 0 Å². The highest BCUT2D eigenvalue weighted by molar-refractivity contribution is 5.80. The molecule has 0 aliphatic rings. The van der Waals surface area contributed by atoms with Crippen molar-refractivity contribution in [2.45, 2.75) is 90.5 Å². The molecular formula is C37H58N6. The van der Waals surface area contributed by atoms with E-state index in [4.69, 9.17) is 0 Å². The maximum atomic E-state index is 4.07. The Balaban J connectivity index is -0.000000224. The molecule has 4 aromatic heterocycles. The Morgan fingerprint density at radius 1 is 0.372 bits per heavy atom. The van der Waals surface area contributed by atoms with E-state index >= 15 is 0 Å². The third-order valence-electron chi connectivity index (χ3n) is 4.25. The summed E-state index contributed by atoms with van der Waals surface area (Å²) in [5.41, 5.74) is 1.76. The van der Waals surface area contributed by atoms with Crippen LogP contribution in [0.4, 0.5) is 0 Å². The standard InChI is InChI=1S/3C8H6N2.6C2H6.CH4/c1-3-7-4-2-6-10-8(7)9-5-1;1-2-4-8-6-10-9-5-7(8)3-1;1-2-4-8-7(3-1)5-6-9-10-8;6*1-2;/h3*1-6H;6*1-2H3;1H4. The Labute approximate surface area is 263 Å². The summed E-state index contributed by atoms with van der Waals surface area (Å²) < 4.78 is 0. The fourth-order valence-corrected chi connectivity index (χ4v) is 2.77. The minimum absolute atomic E-state index is 0.